The first-order valence-corrected chi connectivity index (χ1v) is 4.70. The van der Waals surface area contributed by atoms with Gasteiger partial charge in [-0.1, -0.05) is 6.92 Å². The second-order valence-corrected chi connectivity index (χ2v) is 3.64. The fraction of sp³-hybridized carbons (Fsp3) is 1.00. The molecule has 2 nitrogen and oxygen atoms in total. The molecule has 0 saturated heterocycles. The van der Waals surface area contributed by atoms with E-state index in [0.29, 0.717) is 6.04 Å². The molecule has 2 N–H and O–H groups in total. The van der Waals surface area contributed by atoms with Crippen LogP contribution in [0.2, 0.25) is 0 Å². The summed E-state index contributed by atoms with van der Waals surface area (Å²) in [6.45, 7) is 3.38. The summed E-state index contributed by atoms with van der Waals surface area (Å²) in [6.07, 6.45) is 5.03. The average molecular weight is 156 g/mol. The maximum atomic E-state index is 5.82. The van der Waals surface area contributed by atoms with Crippen LogP contribution in [0.3, 0.4) is 0 Å². The van der Waals surface area contributed by atoms with Crippen LogP contribution in [0.5, 0.6) is 0 Å². The van der Waals surface area contributed by atoms with E-state index < -0.39 is 0 Å². The van der Waals surface area contributed by atoms with Crippen LogP contribution in [0.4, 0.5) is 0 Å². The molecule has 0 aromatic rings. The molecule has 1 saturated carbocycles. The highest BCUT2D eigenvalue weighted by Crippen LogP contribution is 2.20. The number of nitrogens with two attached hydrogens (primary N) is 1. The molecule has 0 radical (unpaired) electrons. The first-order chi connectivity index (χ1) is 5.24. The van der Waals surface area contributed by atoms with E-state index in [4.69, 9.17) is 5.73 Å². The molecule has 66 valence electrons. The van der Waals surface area contributed by atoms with E-state index in [1.54, 1.807) is 0 Å². The Morgan fingerprint density at radius 1 is 1.27 bits per heavy atom. The normalized spacial score (nSPS) is 32.7. The maximum Gasteiger partial charge on any atom is 0.00932 e. The van der Waals surface area contributed by atoms with E-state index in [1.807, 2.05) is 0 Å². The second kappa shape index (κ2) is 4.07. The van der Waals surface area contributed by atoms with E-state index in [1.165, 1.54) is 32.2 Å². The van der Waals surface area contributed by atoms with Crippen LogP contribution in [-0.2, 0) is 0 Å². The van der Waals surface area contributed by atoms with Crippen LogP contribution in [0.15, 0.2) is 0 Å². The van der Waals surface area contributed by atoms with E-state index in [9.17, 15) is 0 Å². The standard InChI is InChI=1S/C9H20N2/c1-3-11(2)9-6-4-8(10)5-7-9/h8-9H,3-7,10H2,1-2H3/t8-,9-. The summed E-state index contributed by atoms with van der Waals surface area (Å²) in [5.41, 5.74) is 5.82. The molecule has 11 heavy (non-hydrogen) atoms. The molecule has 0 amide bonds. The third kappa shape index (κ3) is 2.46. The summed E-state index contributed by atoms with van der Waals surface area (Å²) in [4.78, 5) is 2.44. The second-order valence-electron chi connectivity index (χ2n) is 3.64. The summed E-state index contributed by atoms with van der Waals surface area (Å²) in [7, 11) is 2.21. The zero-order valence-corrected chi connectivity index (χ0v) is 7.71. The molecule has 0 aromatic carbocycles. The molecule has 0 atom stereocenters. The maximum absolute atomic E-state index is 5.82. The molecule has 0 heterocycles. The van der Waals surface area contributed by atoms with Gasteiger partial charge in [0, 0.05) is 12.1 Å². The van der Waals surface area contributed by atoms with E-state index >= 15 is 0 Å². The van der Waals surface area contributed by atoms with Gasteiger partial charge in [0.15, 0.2) is 0 Å². The minimum absolute atomic E-state index is 0.483. The summed E-state index contributed by atoms with van der Waals surface area (Å²) >= 11 is 0. The topological polar surface area (TPSA) is 29.3 Å². The Morgan fingerprint density at radius 3 is 2.27 bits per heavy atom. The Bertz CT molecular complexity index is 106. The van der Waals surface area contributed by atoms with Crippen molar-refractivity contribution in [2.24, 2.45) is 5.73 Å². The van der Waals surface area contributed by atoms with Gasteiger partial charge in [-0.15, -0.1) is 0 Å². The van der Waals surface area contributed by atoms with Gasteiger partial charge < -0.3 is 10.6 Å². The molecular weight excluding hydrogens is 136 g/mol. The molecule has 1 fully saturated rings. The number of hydrogen-bond donors (Lipinski definition) is 1. The van der Waals surface area contributed by atoms with Gasteiger partial charge in [-0.2, -0.15) is 0 Å². The fourth-order valence-electron chi connectivity index (χ4n) is 1.80. The van der Waals surface area contributed by atoms with E-state index in [2.05, 4.69) is 18.9 Å². The van der Waals surface area contributed by atoms with Crippen LogP contribution in [0, 0.1) is 0 Å². The van der Waals surface area contributed by atoms with Crippen LogP contribution in [-0.4, -0.2) is 30.6 Å². The molecule has 1 aliphatic carbocycles. The lowest BCUT2D eigenvalue weighted by atomic mass is 9.91. The Balaban J connectivity index is 2.27. The zero-order chi connectivity index (χ0) is 8.27. The van der Waals surface area contributed by atoms with Crippen LogP contribution in [0.1, 0.15) is 32.6 Å². The van der Waals surface area contributed by atoms with Crippen molar-refractivity contribution >= 4 is 0 Å². The lowest BCUT2D eigenvalue weighted by molar-refractivity contribution is 0.191. The summed E-state index contributed by atoms with van der Waals surface area (Å²) in [5.74, 6) is 0. The van der Waals surface area contributed by atoms with Gasteiger partial charge in [-0.05, 0) is 39.3 Å². The Morgan fingerprint density at radius 2 is 1.82 bits per heavy atom. The molecule has 1 rings (SSSR count). The Labute approximate surface area is 69.8 Å². The molecule has 0 aliphatic heterocycles. The SMILES string of the molecule is CCN(C)[C@H]1CC[C@H](N)CC1. The molecule has 0 bridgehead atoms. The number of nitrogens with zero attached hydrogens (tertiary/aromatic N) is 1. The van der Waals surface area contributed by atoms with Crippen LogP contribution < -0.4 is 5.73 Å². The van der Waals surface area contributed by atoms with Crippen molar-refractivity contribution < 1.29 is 0 Å². The predicted octanol–water partition coefficient (Wildman–Crippen LogP) is 1.21. The van der Waals surface area contributed by atoms with Crippen LogP contribution >= 0.6 is 0 Å². The smallest absolute Gasteiger partial charge is 0.00932 e. The third-order valence-corrected chi connectivity index (χ3v) is 2.86. The largest absolute Gasteiger partial charge is 0.328 e. The average Bonchev–Trinajstić information content (AvgIpc) is 2.05. The van der Waals surface area contributed by atoms with Crippen LogP contribution in [0.25, 0.3) is 0 Å². The Kier molecular flexibility index (Phi) is 3.34. The van der Waals surface area contributed by atoms with Crippen molar-refractivity contribution in [3.8, 4) is 0 Å². The summed E-state index contributed by atoms with van der Waals surface area (Å²) in [5, 5.41) is 0. The third-order valence-electron chi connectivity index (χ3n) is 2.86. The fourth-order valence-corrected chi connectivity index (χ4v) is 1.80. The van der Waals surface area contributed by atoms with Crippen molar-refractivity contribution in [2.45, 2.75) is 44.7 Å². The van der Waals surface area contributed by atoms with Gasteiger partial charge in [0.05, 0.1) is 0 Å². The van der Waals surface area contributed by atoms with Gasteiger partial charge >= 0.3 is 0 Å². The zero-order valence-electron chi connectivity index (χ0n) is 7.71. The van der Waals surface area contributed by atoms with Crippen molar-refractivity contribution in [1.82, 2.24) is 4.90 Å². The monoisotopic (exact) mass is 156 g/mol. The van der Waals surface area contributed by atoms with Gasteiger partial charge in [-0.25, -0.2) is 0 Å². The first-order valence-electron chi connectivity index (χ1n) is 4.70. The molecule has 1 aliphatic rings. The number of rotatable bonds is 2. The highest BCUT2D eigenvalue weighted by Gasteiger charge is 2.20. The minimum atomic E-state index is 0.483. The summed E-state index contributed by atoms with van der Waals surface area (Å²) < 4.78 is 0. The van der Waals surface area contributed by atoms with Crippen molar-refractivity contribution in [1.29, 1.82) is 0 Å². The molecular formula is C9H20N2. The van der Waals surface area contributed by atoms with E-state index in [-0.39, 0.29) is 0 Å². The lowest BCUT2D eigenvalue weighted by Gasteiger charge is -2.32. The summed E-state index contributed by atoms with van der Waals surface area (Å²) in [6, 6.07) is 1.29. The highest BCUT2D eigenvalue weighted by molar-refractivity contribution is 4.78. The van der Waals surface area contributed by atoms with Gasteiger partial charge in [0.2, 0.25) is 0 Å². The minimum Gasteiger partial charge on any atom is -0.328 e. The predicted molar refractivity (Wildman–Crippen MR) is 48.5 cm³/mol. The Hall–Kier alpha value is -0.0800. The number of hydrogen-bond acceptors (Lipinski definition) is 2. The molecule has 0 unspecified atom stereocenters. The first kappa shape index (κ1) is 9.01. The van der Waals surface area contributed by atoms with Crippen molar-refractivity contribution in [3.05, 3.63) is 0 Å². The molecule has 2 heteroatoms. The quantitative estimate of drug-likeness (QED) is 0.651. The molecule has 0 spiro atoms. The highest BCUT2D eigenvalue weighted by atomic mass is 15.1. The van der Waals surface area contributed by atoms with Gasteiger partial charge in [0.1, 0.15) is 0 Å². The van der Waals surface area contributed by atoms with Crippen molar-refractivity contribution in [2.75, 3.05) is 13.6 Å². The van der Waals surface area contributed by atoms with Crippen molar-refractivity contribution in [3.63, 3.8) is 0 Å². The van der Waals surface area contributed by atoms with E-state index in [0.717, 1.165) is 6.04 Å². The van der Waals surface area contributed by atoms with Gasteiger partial charge in [-0.3, -0.25) is 0 Å². The lowest BCUT2D eigenvalue weighted by Crippen LogP contribution is -2.38. The molecule has 0 aromatic heterocycles. The van der Waals surface area contributed by atoms with Gasteiger partial charge in [0.25, 0.3) is 0 Å².